The van der Waals surface area contributed by atoms with Gasteiger partial charge in [-0.3, -0.25) is 10.1 Å². The molecular weight excluding hydrogens is 231 g/mol. The van der Waals surface area contributed by atoms with Crippen molar-refractivity contribution in [2.24, 2.45) is 0 Å². The summed E-state index contributed by atoms with van der Waals surface area (Å²) in [6.45, 7) is 0. The molecule has 2 rings (SSSR count). The SMILES string of the molecule is COc1c(-n2cncn2)cc(F)cc1[N+](=O)[O-]. The molecule has 0 spiro atoms. The Balaban J connectivity index is 2.70. The molecule has 0 N–H and O–H groups in total. The minimum atomic E-state index is -0.747. The molecule has 1 aromatic heterocycles. The molecule has 8 heteroatoms. The number of aromatic nitrogens is 3. The van der Waals surface area contributed by atoms with Gasteiger partial charge in [0.1, 0.15) is 24.2 Å². The minimum Gasteiger partial charge on any atom is -0.489 e. The third-order valence-corrected chi connectivity index (χ3v) is 2.08. The first kappa shape index (κ1) is 11.0. The second kappa shape index (κ2) is 4.16. The van der Waals surface area contributed by atoms with Crippen LogP contribution in [0.15, 0.2) is 24.8 Å². The molecule has 0 saturated carbocycles. The van der Waals surface area contributed by atoms with Gasteiger partial charge in [0.25, 0.3) is 0 Å². The van der Waals surface area contributed by atoms with Crippen molar-refractivity contribution in [1.82, 2.24) is 14.8 Å². The molecule has 17 heavy (non-hydrogen) atoms. The summed E-state index contributed by atoms with van der Waals surface area (Å²) in [5.74, 6) is -0.815. The van der Waals surface area contributed by atoms with E-state index in [0.717, 1.165) is 12.1 Å². The van der Waals surface area contributed by atoms with Crippen molar-refractivity contribution in [3.63, 3.8) is 0 Å². The largest absolute Gasteiger partial charge is 0.489 e. The fraction of sp³-hybridized carbons (Fsp3) is 0.111. The van der Waals surface area contributed by atoms with Crippen LogP contribution in [-0.4, -0.2) is 26.8 Å². The van der Waals surface area contributed by atoms with Gasteiger partial charge in [-0.05, 0) is 0 Å². The number of benzene rings is 1. The maximum Gasteiger partial charge on any atom is 0.316 e. The second-order valence-corrected chi connectivity index (χ2v) is 3.07. The van der Waals surface area contributed by atoms with Gasteiger partial charge in [0.2, 0.25) is 5.75 Å². The predicted octanol–water partition coefficient (Wildman–Crippen LogP) is 1.32. The van der Waals surface area contributed by atoms with E-state index in [4.69, 9.17) is 4.74 Å². The van der Waals surface area contributed by atoms with Crippen LogP contribution in [0.25, 0.3) is 5.69 Å². The molecular formula is C9H7FN4O3. The lowest BCUT2D eigenvalue weighted by atomic mass is 10.2. The van der Waals surface area contributed by atoms with Crippen LogP contribution in [0.2, 0.25) is 0 Å². The Morgan fingerprint density at radius 3 is 2.82 bits per heavy atom. The monoisotopic (exact) mass is 238 g/mol. The topological polar surface area (TPSA) is 83.1 Å². The number of hydrogen-bond donors (Lipinski definition) is 0. The lowest BCUT2D eigenvalue weighted by Gasteiger charge is -2.08. The normalized spacial score (nSPS) is 10.2. The van der Waals surface area contributed by atoms with Crippen molar-refractivity contribution < 1.29 is 14.1 Å². The number of nitrogens with zero attached hydrogens (tertiary/aromatic N) is 4. The Hall–Kier alpha value is -2.51. The highest BCUT2D eigenvalue weighted by Gasteiger charge is 2.22. The summed E-state index contributed by atoms with van der Waals surface area (Å²) < 4.78 is 19.4. The molecule has 0 aliphatic carbocycles. The average Bonchev–Trinajstić information content (AvgIpc) is 2.81. The third-order valence-electron chi connectivity index (χ3n) is 2.08. The van der Waals surface area contributed by atoms with Gasteiger partial charge in [-0.25, -0.2) is 14.1 Å². The highest BCUT2D eigenvalue weighted by Crippen LogP contribution is 2.33. The first-order valence-corrected chi connectivity index (χ1v) is 4.50. The van der Waals surface area contributed by atoms with Crippen LogP contribution in [-0.2, 0) is 0 Å². The quantitative estimate of drug-likeness (QED) is 0.594. The molecule has 0 aliphatic heterocycles. The number of ether oxygens (including phenoxy) is 1. The molecule has 1 heterocycles. The molecule has 0 amide bonds. The molecule has 0 atom stereocenters. The molecule has 0 unspecified atom stereocenters. The Morgan fingerprint density at radius 2 is 2.29 bits per heavy atom. The second-order valence-electron chi connectivity index (χ2n) is 3.07. The average molecular weight is 238 g/mol. The Morgan fingerprint density at radius 1 is 1.53 bits per heavy atom. The molecule has 88 valence electrons. The zero-order chi connectivity index (χ0) is 12.4. The van der Waals surface area contributed by atoms with Crippen molar-refractivity contribution in [2.75, 3.05) is 7.11 Å². The highest BCUT2D eigenvalue weighted by atomic mass is 19.1. The number of hydrogen-bond acceptors (Lipinski definition) is 5. The molecule has 1 aromatic carbocycles. The van der Waals surface area contributed by atoms with Gasteiger partial charge in [-0.1, -0.05) is 0 Å². The standard InChI is InChI=1S/C9H7FN4O3/c1-17-9-7(13-5-11-4-12-13)2-6(10)3-8(9)14(15)16/h2-5H,1H3. The first-order valence-electron chi connectivity index (χ1n) is 4.50. The van der Waals surface area contributed by atoms with Crippen molar-refractivity contribution in [1.29, 1.82) is 0 Å². The van der Waals surface area contributed by atoms with E-state index in [0.29, 0.717) is 0 Å². The van der Waals surface area contributed by atoms with E-state index >= 15 is 0 Å². The molecule has 7 nitrogen and oxygen atoms in total. The Labute approximate surface area is 94.6 Å². The van der Waals surface area contributed by atoms with E-state index < -0.39 is 16.4 Å². The van der Waals surface area contributed by atoms with Crippen LogP contribution in [0.5, 0.6) is 5.75 Å². The summed E-state index contributed by atoms with van der Waals surface area (Å²) in [5, 5.41) is 14.5. The highest BCUT2D eigenvalue weighted by molar-refractivity contribution is 5.59. The van der Waals surface area contributed by atoms with Gasteiger partial charge in [0.15, 0.2) is 0 Å². The van der Waals surface area contributed by atoms with Gasteiger partial charge in [0, 0.05) is 6.07 Å². The van der Waals surface area contributed by atoms with Crippen LogP contribution in [0.3, 0.4) is 0 Å². The number of nitro benzene ring substituents is 1. The summed E-state index contributed by atoms with van der Waals surface area (Å²) in [6.07, 6.45) is 2.52. The van der Waals surface area contributed by atoms with E-state index in [2.05, 4.69) is 10.1 Å². The van der Waals surface area contributed by atoms with Crippen molar-refractivity contribution in [2.45, 2.75) is 0 Å². The van der Waals surface area contributed by atoms with E-state index in [9.17, 15) is 14.5 Å². The lowest BCUT2D eigenvalue weighted by molar-refractivity contribution is -0.385. The number of methoxy groups -OCH3 is 1. The summed E-state index contributed by atoms with van der Waals surface area (Å²) >= 11 is 0. The van der Waals surface area contributed by atoms with Crippen LogP contribution in [0.4, 0.5) is 10.1 Å². The molecule has 0 bridgehead atoms. The summed E-state index contributed by atoms with van der Waals surface area (Å²) in [4.78, 5) is 13.7. The van der Waals surface area contributed by atoms with Gasteiger partial charge in [0.05, 0.1) is 18.1 Å². The van der Waals surface area contributed by atoms with Crippen LogP contribution in [0, 0.1) is 15.9 Å². The summed E-state index contributed by atoms with van der Waals surface area (Å²) in [5.41, 5.74) is -0.338. The zero-order valence-electron chi connectivity index (χ0n) is 8.70. The Kier molecular flexibility index (Phi) is 2.69. The zero-order valence-corrected chi connectivity index (χ0v) is 8.70. The number of halogens is 1. The summed E-state index contributed by atoms with van der Waals surface area (Å²) in [6, 6.07) is 1.87. The molecule has 2 aromatic rings. The van der Waals surface area contributed by atoms with Gasteiger partial charge < -0.3 is 4.74 Å². The van der Waals surface area contributed by atoms with Gasteiger partial charge >= 0.3 is 5.69 Å². The molecule has 0 saturated heterocycles. The van der Waals surface area contributed by atoms with E-state index in [1.165, 1.54) is 24.4 Å². The Bertz CT molecular complexity index is 556. The third kappa shape index (κ3) is 1.92. The van der Waals surface area contributed by atoms with Gasteiger partial charge in [-0.2, -0.15) is 5.10 Å². The van der Waals surface area contributed by atoms with E-state index in [1.54, 1.807) is 0 Å². The predicted molar refractivity (Wildman–Crippen MR) is 54.5 cm³/mol. The number of nitro groups is 1. The molecule has 0 radical (unpaired) electrons. The van der Waals surface area contributed by atoms with Crippen LogP contribution >= 0.6 is 0 Å². The lowest BCUT2D eigenvalue weighted by Crippen LogP contribution is -2.03. The van der Waals surface area contributed by atoms with Crippen LogP contribution in [0.1, 0.15) is 0 Å². The van der Waals surface area contributed by atoms with Crippen molar-refractivity contribution >= 4 is 5.69 Å². The van der Waals surface area contributed by atoms with E-state index in [-0.39, 0.29) is 11.4 Å². The summed E-state index contributed by atoms with van der Waals surface area (Å²) in [7, 11) is 1.26. The molecule has 0 fully saturated rings. The minimum absolute atomic E-state index is 0.0677. The molecule has 0 aliphatic rings. The maximum atomic E-state index is 13.3. The van der Waals surface area contributed by atoms with Gasteiger partial charge in [-0.15, -0.1) is 0 Å². The van der Waals surface area contributed by atoms with Crippen molar-refractivity contribution in [3.8, 4) is 11.4 Å². The van der Waals surface area contributed by atoms with Crippen molar-refractivity contribution in [3.05, 3.63) is 40.7 Å². The van der Waals surface area contributed by atoms with Crippen LogP contribution < -0.4 is 4.74 Å². The number of rotatable bonds is 3. The first-order chi connectivity index (χ1) is 8.13. The fourth-order valence-electron chi connectivity index (χ4n) is 1.41. The fourth-order valence-corrected chi connectivity index (χ4v) is 1.41. The maximum absolute atomic E-state index is 13.3. The smallest absolute Gasteiger partial charge is 0.316 e. The van der Waals surface area contributed by atoms with E-state index in [1.807, 2.05) is 0 Å².